The summed E-state index contributed by atoms with van der Waals surface area (Å²) in [7, 11) is 2.06. The monoisotopic (exact) mass is 391 g/mol. The second kappa shape index (κ2) is 6.61. The Hall–Kier alpha value is -0.680. The molecule has 0 N–H and O–H groups in total. The third-order valence-corrected chi connectivity index (χ3v) is 4.60. The quantitative estimate of drug-likeness (QED) is 0.719. The lowest BCUT2D eigenvalue weighted by atomic mass is 10.1. The van der Waals surface area contributed by atoms with Gasteiger partial charge in [0, 0.05) is 16.6 Å². The van der Waals surface area contributed by atoms with Crippen LogP contribution in [0.5, 0.6) is 5.75 Å². The van der Waals surface area contributed by atoms with Crippen LogP contribution in [0.1, 0.15) is 23.2 Å². The fourth-order valence-corrected chi connectivity index (χ4v) is 2.90. The van der Waals surface area contributed by atoms with Crippen molar-refractivity contribution >= 4 is 39.9 Å². The molecule has 114 valence electrons. The highest BCUT2D eigenvalue weighted by atomic mass is 79.9. The van der Waals surface area contributed by atoms with E-state index in [1.165, 1.54) is 0 Å². The Morgan fingerprint density at radius 2 is 2.14 bits per heavy atom. The summed E-state index contributed by atoms with van der Waals surface area (Å²) >= 11 is 9.49. The summed E-state index contributed by atoms with van der Waals surface area (Å²) in [5.74, 6) is 2.68. The minimum absolute atomic E-state index is 0. The Kier molecular flexibility index (Phi) is 5.25. The molecule has 0 saturated heterocycles. The standard InChI is InChI=1S/C15H15BrClNO2.ClH/c1-9-5-11-14(19-9)7-18(2)8-15(11)20-10-3-4-12(16)13(17)6-10;/h3-6,15H,7-8H2,1-2H3;1H. The van der Waals surface area contributed by atoms with Gasteiger partial charge in [0.2, 0.25) is 0 Å². The van der Waals surface area contributed by atoms with Gasteiger partial charge in [-0.25, -0.2) is 0 Å². The van der Waals surface area contributed by atoms with Crippen LogP contribution in [0.4, 0.5) is 0 Å². The van der Waals surface area contributed by atoms with Gasteiger partial charge in [-0.1, -0.05) is 11.6 Å². The Labute approximate surface area is 143 Å². The van der Waals surface area contributed by atoms with Gasteiger partial charge in [0.25, 0.3) is 0 Å². The Morgan fingerprint density at radius 3 is 2.86 bits per heavy atom. The van der Waals surface area contributed by atoms with Crippen molar-refractivity contribution in [2.75, 3.05) is 13.6 Å². The maximum absolute atomic E-state index is 6.11. The average molecular weight is 393 g/mol. The van der Waals surface area contributed by atoms with Crippen molar-refractivity contribution in [3.8, 4) is 5.75 Å². The van der Waals surface area contributed by atoms with Crippen LogP contribution in [-0.4, -0.2) is 18.5 Å². The van der Waals surface area contributed by atoms with Crippen LogP contribution in [0.15, 0.2) is 33.2 Å². The van der Waals surface area contributed by atoms with Gasteiger partial charge in [0.15, 0.2) is 0 Å². The normalized spacial score (nSPS) is 18.0. The van der Waals surface area contributed by atoms with Crippen LogP contribution in [0.3, 0.4) is 0 Å². The Morgan fingerprint density at radius 1 is 1.38 bits per heavy atom. The average Bonchev–Trinajstić information content (AvgIpc) is 2.74. The molecule has 0 radical (unpaired) electrons. The summed E-state index contributed by atoms with van der Waals surface area (Å²) in [5, 5.41) is 0.648. The molecule has 2 aromatic rings. The van der Waals surface area contributed by atoms with Gasteiger partial charge in [-0.3, -0.25) is 4.90 Å². The number of ether oxygens (including phenoxy) is 1. The first-order valence-electron chi connectivity index (χ1n) is 6.42. The summed E-state index contributed by atoms with van der Waals surface area (Å²) < 4.78 is 12.7. The Bertz CT molecular complexity index is 645. The van der Waals surface area contributed by atoms with Gasteiger partial charge in [0.05, 0.1) is 11.6 Å². The lowest BCUT2D eigenvalue weighted by Crippen LogP contribution is -2.32. The van der Waals surface area contributed by atoms with E-state index in [4.69, 9.17) is 20.8 Å². The number of benzene rings is 1. The molecule has 1 aliphatic rings. The molecule has 1 aliphatic heterocycles. The molecule has 0 spiro atoms. The van der Waals surface area contributed by atoms with Gasteiger partial charge in [0.1, 0.15) is 23.4 Å². The maximum atomic E-state index is 6.11. The lowest BCUT2D eigenvalue weighted by Gasteiger charge is -2.29. The molecular formula is C15H16BrCl2NO2. The molecule has 0 amide bonds. The molecule has 2 heterocycles. The largest absolute Gasteiger partial charge is 0.484 e. The van der Waals surface area contributed by atoms with Crippen LogP contribution >= 0.6 is 39.9 Å². The molecule has 0 saturated carbocycles. The third-order valence-electron chi connectivity index (χ3n) is 3.37. The molecule has 1 aromatic heterocycles. The van der Waals surface area contributed by atoms with Gasteiger partial charge < -0.3 is 9.15 Å². The number of likely N-dealkylation sites (N-methyl/N-ethyl adjacent to an activating group) is 1. The van der Waals surface area contributed by atoms with Crippen LogP contribution in [-0.2, 0) is 6.54 Å². The molecule has 21 heavy (non-hydrogen) atoms. The summed E-state index contributed by atoms with van der Waals surface area (Å²) in [6.45, 7) is 3.62. The van der Waals surface area contributed by atoms with Crippen LogP contribution in [0.25, 0.3) is 0 Å². The second-order valence-electron chi connectivity index (χ2n) is 5.11. The summed E-state index contributed by atoms with van der Waals surface area (Å²) in [4.78, 5) is 2.19. The van der Waals surface area contributed by atoms with Gasteiger partial charge in [-0.15, -0.1) is 12.4 Å². The highest BCUT2D eigenvalue weighted by molar-refractivity contribution is 9.10. The minimum atomic E-state index is -0.0292. The lowest BCUT2D eigenvalue weighted by molar-refractivity contribution is 0.119. The van der Waals surface area contributed by atoms with Crippen LogP contribution in [0.2, 0.25) is 5.02 Å². The van der Waals surface area contributed by atoms with Gasteiger partial charge in [-0.2, -0.15) is 0 Å². The number of hydrogen-bond donors (Lipinski definition) is 0. The molecule has 0 aliphatic carbocycles. The van der Waals surface area contributed by atoms with Crippen molar-refractivity contribution in [1.82, 2.24) is 4.90 Å². The molecule has 0 fully saturated rings. The number of nitrogens with zero attached hydrogens (tertiary/aromatic N) is 1. The van der Waals surface area contributed by atoms with Crippen molar-refractivity contribution in [1.29, 1.82) is 0 Å². The maximum Gasteiger partial charge on any atom is 0.140 e. The minimum Gasteiger partial charge on any atom is -0.484 e. The molecule has 1 atom stereocenters. The van der Waals surface area contributed by atoms with Crippen molar-refractivity contribution in [3.63, 3.8) is 0 Å². The van der Waals surface area contributed by atoms with E-state index in [1.807, 2.05) is 25.1 Å². The van der Waals surface area contributed by atoms with Crippen molar-refractivity contribution in [3.05, 3.63) is 50.8 Å². The topological polar surface area (TPSA) is 25.6 Å². The molecule has 3 rings (SSSR count). The number of rotatable bonds is 2. The van der Waals surface area contributed by atoms with Gasteiger partial charge >= 0.3 is 0 Å². The second-order valence-corrected chi connectivity index (χ2v) is 6.38. The first-order chi connectivity index (χ1) is 9.52. The smallest absolute Gasteiger partial charge is 0.140 e. The van der Waals surface area contributed by atoms with Crippen LogP contribution < -0.4 is 4.74 Å². The summed E-state index contributed by atoms with van der Waals surface area (Å²) in [6.07, 6.45) is -0.0292. The van der Waals surface area contributed by atoms with E-state index in [2.05, 4.69) is 33.9 Å². The van der Waals surface area contributed by atoms with E-state index in [9.17, 15) is 0 Å². The predicted molar refractivity (Wildman–Crippen MR) is 89.5 cm³/mol. The van der Waals surface area contributed by atoms with Crippen molar-refractivity contribution in [2.45, 2.75) is 19.6 Å². The molecule has 1 unspecified atom stereocenters. The van der Waals surface area contributed by atoms with E-state index >= 15 is 0 Å². The molecule has 0 bridgehead atoms. The number of furan rings is 1. The van der Waals surface area contributed by atoms with E-state index in [-0.39, 0.29) is 18.5 Å². The zero-order valence-corrected chi connectivity index (χ0v) is 14.9. The first kappa shape index (κ1) is 16.7. The highest BCUT2D eigenvalue weighted by Gasteiger charge is 2.28. The summed E-state index contributed by atoms with van der Waals surface area (Å²) in [5.41, 5.74) is 1.14. The molecule has 6 heteroatoms. The zero-order chi connectivity index (χ0) is 14.3. The predicted octanol–water partition coefficient (Wildman–Crippen LogP) is 4.99. The van der Waals surface area contributed by atoms with E-state index in [0.717, 1.165) is 40.4 Å². The van der Waals surface area contributed by atoms with Gasteiger partial charge in [-0.05, 0) is 54.2 Å². The van der Waals surface area contributed by atoms with Crippen molar-refractivity contribution < 1.29 is 9.15 Å². The number of aryl methyl sites for hydroxylation is 1. The fourth-order valence-electron chi connectivity index (χ4n) is 2.48. The molecule has 1 aromatic carbocycles. The third kappa shape index (κ3) is 3.57. The molecular weight excluding hydrogens is 377 g/mol. The zero-order valence-electron chi connectivity index (χ0n) is 11.7. The van der Waals surface area contributed by atoms with Crippen molar-refractivity contribution in [2.24, 2.45) is 0 Å². The highest BCUT2D eigenvalue weighted by Crippen LogP contribution is 2.34. The SMILES string of the molecule is Cc1cc2c(o1)CN(C)CC2Oc1ccc(Br)c(Cl)c1.Cl. The van der Waals surface area contributed by atoms with Crippen LogP contribution in [0, 0.1) is 6.92 Å². The summed E-state index contributed by atoms with van der Waals surface area (Å²) in [6, 6.07) is 7.70. The molecule has 3 nitrogen and oxygen atoms in total. The van der Waals surface area contributed by atoms with E-state index in [1.54, 1.807) is 0 Å². The van der Waals surface area contributed by atoms with E-state index < -0.39 is 0 Å². The number of hydrogen-bond acceptors (Lipinski definition) is 3. The Balaban J connectivity index is 0.00000161. The fraction of sp³-hybridized carbons (Fsp3) is 0.333. The number of fused-ring (bicyclic) bond motifs is 1. The van der Waals surface area contributed by atoms with E-state index in [0.29, 0.717) is 5.02 Å². The first-order valence-corrected chi connectivity index (χ1v) is 7.59. The number of halogens is 3.